The van der Waals surface area contributed by atoms with Crippen LogP contribution >= 0.6 is 0 Å². The summed E-state index contributed by atoms with van der Waals surface area (Å²) >= 11 is 0. The van der Waals surface area contributed by atoms with E-state index in [0.29, 0.717) is 0 Å². The maximum atomic E-state index is 13.5. The number of halogens is 1. The Kier molecular flexibility index (Phi) is 3.69. The monoisotopic (exact) mass is 279 g/mol. The summed E-state index contributed by atoms with van der Waals surface area (Å²) in [4.78, 5) is 34.5. The van der Waals surface area contributed by atoms with Gasteiger partial charge in [-0.2, -0.15) is 0 Å². The van der Waals surface area contributed by atoms with E-state index < -0.39 is 23.7 Å². The van der Waals surface area contributed by atoms with Gasteiger partial charge in [0.05, 0.1) is 0 Å². The molecule has 0 bridgehead atoms. The molecular weight excluding hydrogens is 265 g/mol. The summed E-state index contributed by atoms with van der Waals surface area (Å²) in [7, 11) is 0. The van der Waals surface area contributed by atoms with Crippen molar-refractivity contribution in [1.29, 1.82) is 0 Å². The second kappa shape index (κ2) is 5.28. The van der Waals surface area contributed by atoms with Crippen molar-refractivity contribution in [3.05, 3.63) is 29.1 Å². The maximum absolute atomic E-state index is 13.5. The van der Waals surface area contributed by atoms with Gasteiger partial charge in [0.25, 0.3) is 5.91 Å². The van der Waals surface area contributed by atoms with Crippen molar-refractivity contribution in [3.63, 3.8) is 0 Å². The van der Waals surface area contributed by atoms with E-state index in [2.05, 4.69) is 10.6 Å². The minimum absolute atomic E-state index is 0.0373. The molecular formula is C13H14FN3O3. The number of carbonyl (C=O) groups is 3. The molecule has 0 spiro atoms. The van der Waals surface area contributed by atoms with E-state index in [-0.39, 0.29) is 35.6 Å². The fourth-order valence-electron chi connectivity index (χ4n) is 1.90. The number of nitrogens with one attached hydrogen (secondary N) is 2. The lowest BCUT2D eigenvalue weighted by atomic mass is 10.0. The molecule has 0 radical (unpaired) electrons. The first-order chi connectivity index (χ1) is 9.38. The number of anilines is 1. The lowest BCUT2D eigenvalue weighted by molar-refractivity contribution is -0.134. The third-order valence-corrected chi connectivity index (χ3v) is 3.19. The topological polar surface area (TPSA) is 101 Å². The standard InChI is InChI=1S/C13H14FN3O3/c1-6-8(14)4-7(5-9(6)15)12(19)16-10-2-3-11(18)17-13(10)20/h4-5,10H,2-3,15H2,1H3,(H,16,19)(H,17,18,20). The fourth-order valence-corrected chi connectivity index (χ4v) is 1.90. The van der Waals surface area contributed by atoms with Gasteiger partial charge in [-0.3, -0.25) is 19.7 Å². The number of hydrogen-bond donors (Lipinski definition) is 3. The number of nitrogen functional groups attached to an aromatic ring is 1. The van der Waals surface area contributed by atoms with Gasteiger partial charge < -0.3 is 11.1 Å². The maximum Gasteiger partial charge on any atom is 0.252 e. The number of amides is 3. The largest absolute Gasteiger partial charge is 0.398 e. The van der Waals surface area contributed by atoms with Gasteiger partial charge in [-0.1, -0.05) is 0 Å². The van der Waals surface area contributed by atoms with Crippen LogP contribution in [0.25, 0.3) is 0 Å². The average Bonchev–Trinajstić information content (AvgIpc) is 2.38. The summed E-state index contributed by atoms with van der Waals surface area (Å²) in [5.41, 5.74) is 6.06. The van der Waals surface area contributed by atoms with E-state index in [1.165, 1.54) is 13.0 Å². The smallest absolute Gasteiger partial charge is 0.252 e. The van der Waals surface area contributed by atoms with Crippen molar-refractivity contribution in [2.75, 3.05) is 5.73 Å². The van der Waals surface area contributed by atoms with Crippen molar-refractivity contribution in [2.24, 2.45) is 0 Å². The molecule has 1 atom stereocenters. The highest BCUT2D eigenvalue weighted by molar-refractivity contribution is 6.04. The van der Waals surface area contributed by atoms with Crippen LogP contribution < -0.4 is 16.4 Å². The normalized spacial score (nSPS) is 18.6. The molecule has 7 heteroatoms. The van der Waals surface area contributed by atoms with Crippen LogP contribution in [0.15, 0.2) is 12.1 Å². The van der Waals surface area contributed by atoms with Gasteiger partial charge in [0.1, 0.15) is 11.9 Å². The molecule has 1 aromatic rings. The third kappa shape index (κ3) is 2.76. The molecule has 4 N–H and O–H groups in total. The SMILES string of the molecule is Cc1c(N)cc(C(=O)NC2CCC(=O)NC2=O)cc1F. The van der Waals surface area contributed by atoms with Crippen LogP contribution in [0.4, 0.5) is 10.1 Å². The highest BCUT2D eigenvalue weighted by atomic mass is 19.1. The van der Waals surface area contributed by atoms with Gasteiger partial charge >= 0.3 is 0 Å². The van der Waals surface area contributed by atoms with Crippen LogP contribution in [-0.2, 0) is 9.59 Å². The molecule has 0 aromatic heterocycles. The second-order valence-corrected chi connectivity index (χ2v) is 4.65. The zero-order valence-electron chi connectivity index (χ0n) is 10.8. The summed E-state index contributed by atoms with van der Waals surface area (Å²) in [6, 6.07) is 1.61. The number of piperidine rings is 1. The molecule has 106 valence electrons. The van der Waals surface area contributed by atoms with E-state index in [1.807, 2.05) is 0 Å². The Balaban J connectivity index is 2.13. The second-order valence-electron chi connectivity index (χ2n) is 4.65. The van der Waals surface area contributed by atoms with Crippen LogP contribution in [0.2, 0.25) is 0 Å². The first kappa shape index (κ1) is 14.0. The van der Waals surface area contributed by atoms with E-state index in [9.17, 15) is 18.8 Å². The zero-order valence-corrected chi connectivity index (χ0v) is 10.8. The molecule has 1 aromatic carbocycles. The Labute approximate surface area is 114 Å². The van der Waals surface area contributed by atoms with Crippen LogP contribution in [0, 0.1) is 12.7 Å². The van der Waals surface area contributed by atoms with Gasteiger partial charge in [-0.15, -0.1) is 0 Å². The third-order valence-electron chi connectivity index (χ3n) is 3.19. The Morgan fingerprint density at radius 2 is 2.15 bits per heavy atom. The van der Waals surface area contributed by atoms with Crippen molar-refractivity contribution in [1.82, 2.24) is 10.6 Å². The molecule has 1 unspecified atom stereocenters. The summed E-state index contributed by atoms with van der Waals surface area (Å²) in [5, 5.41) is 4.58. The first-order valence-corrected chi connectivity index (χ1v) is 6.08. The van der Waals surface area contributed by atoms with Crippen molar-refractivity contribution < 1.29 is 18.8 Å². The predicted octanol–water partition coefficient (Wildman–Crippen LogP) is 0.251. The van der Waals surface area contributed by atoms with E-state index in [4.69, 9.17) is 5.73 Å². The number of carbonyl (C=O) groups excluding carboxylic acids is 3. The van der Waals surface area contributed by atoms with Crippen LogP contribution in [0.3, 0.4) is 0 Å². The van der Waals surface area contributed by atoms with Crippen LogP contribution in [0.5, 0.6) is 0 Å². The van der Waals surface area contributed by atoms with Gasteiger partial charge in [0.15, 0.2) is 0 Å². The molecule has 1 heterocycles. The minimum Gasteiger partial charge on any atom is -0.398 e. The zero-order chi connectivity index (χ0) is 14.9. The van der Waals surface area contributed by atoms with Gasteiger partial charge in [-0.25, -0.2) is 4.39 Å². The number of rotatable bonds is 2. The van der Waals surface area contributed by atoms with Gasteiger partial charge in [-0.05, 0) is 25.5 Å². The van der Waals surface area contributed by atoms with E-state index in [1.54, 1.807) is 0 Å². The molecule has 6 nitrogen and oxygen atoms in total. The van der Waals surface area contributed by atoms with Crippen molar-refractivity contribution >= 4 is 23.4 Å². The van der Waals surface area contributed by atoms with Crippen molar-refractivity contribution in [3.8, 4) is 0 Å². The number of benzene rings is 1. The molecule has 20 heavy (non-hydrogen) atoms. The Bertz CT molecular complexity index is 578. The summed E-state index contributed by atoms with van der Waals surface area (Å²) in [6.45, 7) is 1.51. The summed E-state index contributed by atoms with van der Waals surface area (Å²) in [6.07, 6.45) is 0.376. The van der Waals surface area contributed by atoms with E-state index in [0.717, 1.165) is 6.07 Å². The fraction of sp³-hybridized carbons (Fsp3) is 0.308. The van der Waals surface area contributed by atoms with Gasteiger partial charge in [0, 0.05) is 23.2 Å². The number of hydrogen-bond acceptors (Lipinski definition) is 4. The Hall–Kier alpha value is -2.44. The molecule has 1 saturated heterocycles. The van der Waals surface area contributed by atoms with Crippen molar-refractivity contribution in [2.45, 2.75) is 25.8 Å². The molecule has 3 amide bonds. The van der Waals surface area contributed by atoms with E-state index >= 15 is 0 Å². The molecule has 1 aliphatic rings. The highest BCUT2D eigenvalue weighted by Crippen LogP contribution is 2.18. The number of imide groups is 1. The quantitative estimate of drug-likeness (QED) is 0.533. The van der Waals surface area contributed by atoms with Crippen LogP contribution in [0.1, 0.15) is 28.8 Å². The Morgan fingerprint density at radius 3 is 2.75 bits per heavy atom. The average molecular weight is 279 g/mol. The molecule has 0 saturated carbocycles. The molecule has 1 aliphatic heterocycles. The lowest BCUT2D eigenvalue weighted by Crippen LogP contribution is -2.52. The molecule has 1 fully saturated rings. The van der Waals surface area contributed by atoms with Crippen LogP contribution in [-0.4, -0.2) is 23.8 Å². The first-order valence-electron chi connectivity index (χ1n) is 6.08. The number of nitrogens with two attached hydrogens (primary N) is 1. The molecule has 2 rings (SSSR count). The minimum atomic E-state index is -0.800. The lowest BCUT2D eigenvalue weighted by Gasteiger charge is -2.21. The Morgan fingerprint density at radius 1 is 1.45 bits per heavy atom. The van der Waals surface area contributed by atoms with Gasteiger partial charge in [0.2, 0.25) is 11.8 Å². The summed E-state index contributed by atoms with van der Waals surface area (Å²) < 4.78 is 13.5. The predicted molar refractivity (Wildman–Crippen MR) is 69.2 cm³/mol. The highest BCUT2D eigenvalue weighted by Gasteiger charge is 2.28. The summed E-state index contributed by atoms with van der Waals surface area (Å²) in [5.74, 6) is -2.12. The molecule has 0 aliphatic carbocycles.